The maximum absolute atomic E-state index is 13.6. The van der Waals surface area contributed by atoms with Crippen LogP contribution in [0, 0.1) is 24.1 Å². The van der Waals surface area contributed by atoms with Crippen molar-refractivity contribution in [2.45, 2.75) is 13.5 Å². The number of nitriles is 1. The molecule has 0 aliphatic rings. The second-order valence-electron chi connectivity index (χ2n) is 4.25. The van der Waals surface area contributed by atoms with Crippen molar-refractivity contribution in [1.29, 1.82) is 5.26 Å². The summed E-state index contributed by atoms with van der Waals surface area (Å²) in [6, 6.07) is 12.5. The van der Waals surface area contributed by atoms with Crippen molar-refractivity contribution in [3.8, 4) is 6.07 Å². The number of benzene rings is 2. The molecule has 0 atom stereocenters. The van der Waals surface area contributed by atoms with E-state index in [1.165, 1.54) is 6.07 Å². The second-order valence-corrected chi connectivity index (χ2v) is 5.17. The number of rotatable bonds is 3. The van der Waals surface area contributed by atoms with E-state index in [1.54, 1.807) is 24.3 Å². The highest BCUT2D eigenvalue weighted by Crippen LogP contribution is 2.21. The lowest BCUT2D eigenvalue weighted by molar-refractivity contribution is 0.612. The van der Waals surface area contributed by atoms with E-state index in [-0.39, 0.29) is 5.82 Å². The molecule has 19 heavy (non-hydrogen) atoms. The Morgan fingerprint density at radius 3 is 2.79 bits per heavy atom. The van der Waals surface area contributed by atoms with Gasteiger partial charge in [0.2, 0.25) is 0 Å². The third-order valence-electron chi connectivity index (χ3n) is 2.77. The minimum absolute atomic E-state index is 0.242. The fraction of sp³-hybridized carbons (Fsp3) is 0.133. The van der Waals surface area contributed by atoms with Crippen molar-refractivity contribution in [2.24, 2.45) is 0 Å². The quantitative estimate of drug-likeness (QED) is 0.911. The van der Waals surface area contributed by atoms with Gasteiger partial charge in [0.05, 0.1) is 11.3 Å². The Morgan fingerprint density at radius 2 is 2.05 bits per heavy atom. The van der Waals surface area contributed by atoms with Gasteiger partial charge in [-0.3, -0.25) is 0 Å². The molecule has 0 saturated heterocycles. The third-order valence-corrected chi connectivity index (χ3v) is 3.27. The molecule has 2 aromatic carbocycles. The number of hydrogen-bond donors (Lipinski definition) is 1. The molecule has 0 bridgehead atoms. The fourth-order valence-corrected chi connectivity index (χ4v) is 2.15. The van der Waals surface area contributed by atoms with Crippen LogP contribution in [-0.4, -0.2) is 0 Å². The highest BCUT2D eigenvalue weighted by atomic mass is 79.9. The van der Waals surface area contributed by atoms with Crippen LogP contribution in [0.2, 0.25) is 0 Å². The minimum Gasteiger partial charge on any atom is -0.380 e. The summed E-state index contributed by atoms with van der Waals surface area (Å²) in [5, 5.41) is 12.1. The smallest absolute Gasteiger partial charge is 0.128 e. The molecule has 96 valence electrons. The van der Waals surface area contributed by atoms with Crippen molar-refractivity contribution >= 4 is 21.6 Å². The van der Waals surface area contributed by atoms with Crippen LogP contribution in [0.4, 0.5) is 10.1 Å². The number of aryl methyl sites for hydroxylation is 1. The van der Waals surface area contributed by atoms with Crippen LogP contribution in [0.15, 0.2) is 40.9 Å². The Labute approximate surface area is 120 Å². The lowest BCUT2D eigenvalue weighted by Crippen LogP contribution is -2.03. The lowest BCUT2D eigenvalue weighted by Gasteiger charge is -2.10. The van der Waals surface area contributed by atoms with Gasteiger partial charge in [-0.15, -0.1) is 0 Å². The molecule has 0 radical (unpaired) electrons. The molecule has 2 nitrogen and oxygen atoms in total. The first-order chi connectivity index (χ1) is 9.10. The standard InChI is InChI=1S/C15H12BrFN2/c1-10-2-4-14(17)12(6-10)9-19-15-5-3-13(16)7-11(15)8-18/h2-7,19H,9H2,1H3. The van der Waals surface area contributed by atoms with Crippen molar-refractivity contribution in [3.05, 3.63) is 63.4 Å². The Morgan fingerprint density at radius 1 is 1.26 bits per heavy atom. The second kappa shape index (κ2) is 5.85. The normalized spacial score (nSPS) is 10.0. The van der Waals surface area contributed by atoms with E-state index >= 15 is 0 Å². The molecule has 0 aliphatic heterocycles. The highest BCUT2D eigenvalue weighted by molar-refractivity contribution is 9.10. The predicted octanol–water partition coefficient (Wildman–Crippen LogP) is 4.38. The maximum atomic E-state index is 13.6. The van der Waals surface area contributed by atoms with Crippen LogP contribution < -0.4 is 5.32 Å². The molecule has 1 N–H and O–H groups in total. The first-order valence-electron chi connectivity index (χ1n) is 5.78. The molecule has 0 fully saturated rings. The van der Waals surface area contributed by atoms with Gasteiger partial charge in [-0.05, 0) is 31.2 Å². The lowest BCUT2D eigenvalue weighted by atomic mass is 10.1. The van der Waals surface area contributed by atoms with Crippen molar-refractivity contribution < 1.29 is 4.39 Å². The largest absolute Gasteiger partial charge is 0.380 e. The van der Waals surface area contributed by atoms with Gasteiger partial charge in [0.25, 0.3) is 0 Å². The van der Waals surface area contributed by atoms with E-state index in [9.17, 15) is 4.39 Å². The molecule has 0 aliphatic carbocycles. The minimum atomic E-state index is -0.242. The monoisotopic (exact) mass is 318 g/mol. The molecular formula is C15H12BrFN2. The SMILES string of the molecule is Cc1ccc(F)c(CNc2ccc(Br)cc2C#N)c1. The van der Waals surface area contributed by atoms with Gasteiger partial charge in [0, 0.05) is 16.6 Å². The molecule has 0 spiro atoms. The zero-order valence-corrected chi connectivity index (χ0v) is 12.0. The van der Waals surface area contributed by atoms with Gasteiger partial charge in [0.15, 0.2) is 0 Å². The summed E-state index contributed by atoms with van der Waals surface area (Å²) in [7, 11) is 0. The van der Waals surface area contributed by atoms with Crippen LogP contribution >= 0.6 is 15.9 Å². The van der Waals surface area contributed by atoms with Gasteiger partial charge in [-0.2, -0.15) is 5.26 Å². The molecule has 2 rings (SSSR count). The summed E-state index contributed by atoms with van der Waals surface area (Å²) in [6.45, 7) is 2.27. The summed E-state index contributed by atoms with van der Waals surface area (Å²) in [5.74, 6) is -0.242. The van der Waals surface area contributed by atoms with Crippen LogP contribution in [-0.2, 0) is 6.54 Å². The molecule has 4 heteroatoms. The average molecular weight is 319 g/mol. The number of nitrogens with zero attached hydrogens (tertiary/aromatic N) is 1. The Bertz CT molecular complexity index is 647. The summed E-state index contributed by atoms with van der Waals surface area (Å²) in [5.41, 5.74) is 2.83. The summed E-state index contributed by atoms with van der Waals surface area (Å²) < 4.78 is 14.5. The van der Waals surface area contributed by atoms with Gasteiger partial charge in [-0.1, -0.05) is 33.6 Å². The maximum Gasteiger partial charge on any atom is 0.128 e. The van der Waals surface area contributed by atoms with Gasteiger partial charge >= 0.3 is 0 Å². The zero-order chi connectivity index (χ0) is 13.8. The molecule has 0 amide bonds. The van der Waals surface area contributed by atoms with Crippen molar-refractivity contribution in [1.82, 2.24) is 0 Å². The average Bonchev–Trinajstić information content (AvgIpc) is 2.40. The van der Waals surface area contributed by atoms with E-state index in [0.29, 0.717) is 23.4 Å². The Balaban J connectivity index is 2.19. The van der Waals surface area contributed by atoms with Crippen LogP contribution in [0.5, 0.6) is 0 Å². The van der Waals surface area contributed by atoms with E-state index in [1.807, 2.05) is 13.0 Å². The molecule has 0 aromatic heterocycles. The topological polar surface area (TPSA) is 35.8 Å². The number of nitrogens with one attached hydrogen (secondary N) is 1. The van der Waals surface area contributed by atoms with Crippen LogP contribution in [0.1, 0.15) is 16.7 Å². The molecule has 0 unspecified atom stereocenters. The fourth-order valence-electron chi connectivity index (χ4n) is 1.79. The van der Waals surface area contributed by atoms with E-state index in [0.717, 1.165) is 10.0 Å². The molecule has 0 saturated carbocycles. The summed E-state index contributed by atoms with van der Waals surface area (Å²) >= 11 is 3.32. The van der Waals surface area contributed by atoms with Crippen molar-refractivity contribution in [3.63, 3.8) is 0 Å². The molecule has 0 heterocycles. The Kier molecular flexibility index (Phi) is 4.18. The summed E-state index contributed by atoms with van der Waals surface area (Å²) in [4.78, 5) is 0. The van der Waals surface area contributed by atoms with Crippen molar-refractivity contribution in [2.75, 3.05) is 5.32 Å². The van der Waals surface area contributed by atoms with Gasteiger partial charge in [0.1, 0.15) is 11.9 Å². The first-order valence-corrected chi connectivity index (χ1v) is 6.58. The Hall–Kier alpha value is -1.86. The van der Waals surface area contributed by atoms with Gasteiger partial charge < -0.3 is 5.32 Å². The number of anilines is 1. The third kappa shape index (κ3) is 3.33. The predicted molar refractivity (Wildman–Crippen MR) is 77.3 cm³/mol. The van der Waals surface area contributed by atoms with Crippen LogP contribution in [0.3, 0.4) is 0 Å². The van der Waals surface area contributed by atoms with E-state index in [4.69, 9.17) is 5.26 Å². The van der Waals surface area contributed by atoms with Gasteiger partial charge in [-0.25, -0.2) is 4.39 Å². The molecular weight excluding hydrogens is 307 g/mol. The molecule has 2 aromatic rings. The number of hydrogen-bond acceptors (Lipinski definition) is 2. The van der Waals surface area contributed by atoms with Crippen LogP contribution in [0.25, 0.3) is 0 Å². The highest BCUT2D eigenvalue weighted by Gasteiger charge is 2.05. The first kappa shape index (κ1) is 13.6. The summed E-state index contributed by atoms with van der Waals surface area (Å²) in [6.07, 6.45) is 0. The number of halogens is 2. The van der Waals surface area contributed by atoms with E-state index < -0.39 is 0 Å². The zero-order valence-electron chi connectivity index (χ0n) is 10.4. The van der Waals surface area contributed by atoms with E-state index in [2.05, 4.69) is 27.3 Å².